The lowest BCUT2D eigenvalue weighted by Crippen LogP contribution is -2.13. The molecule has 0 spiro atoms. The van der Waals surface area contributed by atoms with E-state index in [1.54, 1.807) is 4.98 Å². The molecule has 7 nitrogen and oxygen atoms in total. The first kappa shape index (κ1) is 4.97. The molecule has 0 radical (unpaired) electrons. The highest BCUT2D eigenvalue weighted by Crippen LogP contribution is 2.21. The van der Waals surface area contributed by atoms with Gasteiger partial charge in [0, 0.05) is 15.3 Å². The largest absolute Gasteiger partial charge is 0.488 e. The summed E-state index contributed by atoms with van der Waals surface area (Å²) < 4.78 is 50.8. The molecule has 0 amide bonds. The van der Waals surface area contributed by atoms with Crippen molar-refractivity contribution in [3.8, 4) is 5.88 Å². The van der Waals surface area contributed by atoms with Gasteiger partial charge in [-0.2, -0.15) is 4.98 Å². The van der Waals surface area contributed by atoms with Crippen LogP contribution in [0.1, 0.15) is 22.8 Å². The zero-order valence-corrected chi connectivity index (χ0v) is 7.79. The van der Waals surface area contributed by atoms with E-state index in [2.05, 4.69) is 4.98 Å². The van der Waals surface area contributed by atoms with Crippen molar-refractivity contribution in [2.75, 3.05) is 5.70 Å². The number of aromatic hydroxyl groups is 1. The molecule has 1 heterocycles. The van der Waals surface area contributed by atoms with E-state index in [9.17, 15) is 20.0 Å². The molecule has 1 aromatic rings. The molecule has 0 aliphatic heterocycles. The fraction of sp³-hybridized carbons (Fsp3) is 0.429. The fourth-order valence-electron chi connectivity index (χ4n) is 0.722. The van der Waals surface area contributed by atoms with Gasteiger partial charge in [0.2, 0.25) is 0 Å². The van der Waals surface area contributed by atoms with Crippen LogP contribution in [0.25, 0.3) is 0 Å². The molecule has 0 unspecified atom stereocenters. The van der Waals surface area contributed by atoms with Crippen molar-refractivity contribution in [3.63, 3.8) is 0 Å². The average molecular weight is 238 g/mol. The molecule has 0 saturated carbocycles. The van der Waals surface area contributed by atoms with E-state index in [4.69, 9.17) is 9.60 Å². The Hall–Kier alpha value is -1.57. The third-order valence-corrected chi connectivity index (χ3v) is 1.83. The van der Waals surface area contributed by atoms with E-state index < -0.39 is 46.1 Å². The van der Waals surface area contributed by atoms with Crippen LogP contribution >= 0.6 is 11.8 Å². The maximum atomic E-state index is 11.4. The maximum absolute atomic E-state index is 11.4. The van der Waals surface area contributed by atoms with Crippen molar-refractivity contribution >= 4 is 17.4 Å². The van der Waals surface area contributed by atoms with Gasteiger partial charge in [-0.05, 0) is 6.37 Å². The lowest BCUT2D eigenvalue weighted by atomic mass is 10.5. The van der Waals surface area contributed by atoms with Gasteiger partial charge in [-0.25, -0.2) is 0 Å². The second-order valence-electron chi connectivity index (χ2n) is 2.13. The van der Waals surface area contributed by atoms with Crippen LogP contribution in [0, 0.1) is 10.1 Å². The Bertz CT molecular complexity index is 658. The summed E-state index contributed by atoms with van der Waals surface area (Å²) in [5.41, 5.74) is -5.72. The van der Waals surface area contributed by atoms with Gasteiger partial charge in [-0.3, -0.25) is 19.9 Å². The van der Waals surface area contributed by atoms with Crippen LogP contribution in [0.15, 0.2) is 9.95 Å². The molecule has 0 aromatic carbocycles. The third-order valence-electron chi connectivity index (χ3n) is 1.24. The van der Waals surface area contributed by atoms with E-state index in [0.717, 1.165) is 0 Å². The molecule has 0 saturated heterocycles. The van der Waals surface area contributed by atoms with Gasteiger partial charge in [-0.1, -0.05) is 18.6 Å². The Morgan fingerprint density at radius 3 is 3.13 bits per heavy atom. The van der Waals surface area contributed by atoms with Crippen molar-refractivity contribution in [1.82, 2.24) is 9.97 Å². The number of nitrogens with zero attached hydrogens (tertiary/aromatic N) is 2. The lowest BCUT2D eigenvalue weighted by Gasteiger charge is -1.99. The summed E-state index contributed by atoms with van der Waals surface area (Å²) in [5.74, 6) is -1.29. The first-order chi connectivity index (χ1) is 9.70. The number of aromatic nitrogens is 2. The molecule has 0 aliphatic carbocycles. The number of nitrogens with one attached hydrogen (secondary N) is 1. The van der Waals surface area contributed by atoms with Gasteiger partial charge in [0.05, 0.1) is 4.92 Å². The Balaban J connectivity index is 3.26. The smallest absolute Gasteiger partial charge is 0.395 e. The molecule has 8 heteroatoms. The number of thioether (sulfide) groups is 1. The van der Waals surface area contributed by atoms with Crippen LogP contribution in [0.5, 0.6) is 5.88 Å². The average Bonchev–Trinajstić information content (AvgIpc) is 2.24. The maximum Gasteiger partial charge on any atom is 0.395 e. The number of hydrogen-bond donors (Lipinski definition) is 2. The minimum atomic E-state index is -3.32. The predicted molar refractivity (Wildman–Crippen MR) is 54.2 cm³/mol. The van der Waals surface area contributed by atoms with Gasteiger partial charge in [0.15, 0.2) is 5.16 Å². The number of nitro groups is 1. The van der Waals surface area contributed by atoms with E-state index >= 15 is 0 Å². The Morgan fingerprint density at radius 1 is 1.87 bits per heavy atom. The van der Waals surface area contributed by atoms with Gasteiger partial charge >= 0.3 is 11.2 Å². The standard InChI is InChI=1S/C7H9N3O4S/c1-2-3-15-7-8-5(11)4(10(13)14)6(12)9-7/h2-3H2,1H3,(H2,8,9,11,12)/i1D3,2D2,3D2. The van der Waals surface area contributed by atoms with E-state index in [-0.39, 0.29) is 11.8 Å². The minimum Gasteiger partial charge on any atom is -0.488 e. The highest BCUT2D eigenvalue weighted by Gasteiger charge is 2.21. The highest BCUT2D eigenvalue weighted by molar-refractivity contribution is 7.99. The number of H-pyrrole nitrogens is 1. The first-order valence-electron chi connectivity index (χ1n) is 6.87. The van der Waals surface area contributed by atoms with E-state index in [0.29, 0.717) is 0 Å². The molecule has 2 N–H and O–H groups in total. The van der Waals surface area contributed by atoms with Crippen molar-refractivity contribution in [3.05, 3.63) is 20.5 Å². The Labute approximate surface area is 98.5 Å². The van der Waals surface area contributed by atoms with Crippen molar-refractivity contribution in [1.29, 1.82) is 0 Å². The quantitative estimate of drug-likeness (QED) is 0.349. The summed E-state index contributed by atoms with van der Waals surface area (Å²) in [6.45, 7) is -3.31. The predicted octanol–water partition coefficient (Wildman–Crippen LogP) is 0.886. The van der Waals surface area contributed by atoms with Gasteiger partial charge < -0.3 is 5.11 Å². The second kappa shape index (κ2) is 4.78. The highest BCUT2D eigenvalue weighted by atomic mass is 32.2. The lowest BCUT2D eigenvalue weighted by molar-refractivity contribution is -0.387. The summed E-state index contributed by atoms with van der Waals surface area (Å²) in [6, 6.07) is 0. The number of aromatic amines is 1. The second-order valence-corrected chi connectivity index (χ2v) is 2.92. The monoisotopic (exact) mass is 238 g/mol. The fourth-order valence-corrected chi connectivity index (χ4v) is 1.15. The molecule has 0 aliphatic rings. The van der Waals surface area contributed by atoms with Gasteiger partial charge in [0.1, 0.15) is 0 Å². The topological polar surface area (TPSA) is 109 Å². The van der Waals surface area contributed by atoms with Crippen LogP contribution in [0.2, 0.25) is 0 Å². The summed E-state index contributed by atoms with van der Waals surface area (Å²) in [5, 5.41) is 19.1. The molecule has 1 rings (SSSR count). The van der Waals surface area contributed by atoms with Crippen LogP contribution in [-0.4, -0.2) is 25.7 Å². The van der Waals surface area contributed by atoms with E-state index in [1.807, 2.05) is 0 Å². The third kappa shape index (κ3) is 2.69. The van der Waals surface area contributed by atoms with Crippen LogP contribution in [0.3, 0.4) is 0 Å². The van der Waals surface area contributed by atoms with Crippen molar-refractivity contribution in [2.45, 2.75) is 18.4 Å². The van der Waals surface area contributed by atoms with Crippen LogP contribution in [-0.2, 0) is 0 Å². The van der Waals surface area contributed by atoms with Crippen molar-refractivity contribution < 1.29 is 19.6 Å². The van der Waals surface area contributed by atoms with Crippen LogP contribution < -0.4 is 5.56 Å². The first-order valence-corrected chi connectivity index (χ1v) is 4.19. The summed E-state index contributed by atoms with van der Waals surface area (Å²) >= 11 is -0.122. The molecule has 82 valence electrons. The normalized spacial score (nSPS) is 19.9. The summed E-state index contributed by atoms with van der Waals surface area (Å²) in [7, 11) is 0. The molecule has 1 aromatic heterocycles. The van der Waals surface area contributed by atoms with E-state index in [1.165, 1.54) is 0 Å². The molecule has 0 atom stereocenters. The molecule has 0 bridgehead atoms. The molecule has 15 heavy (non-hydrogen) atoms. The zero-order valence-electron chi connectivity index (χ0n) is 14.0. The zero-order chi connectivity index (χ0) is 17.5. The minimum absolute atomic E-state index is 0.122. The summed E-state index contributed by atoms with van der Waals surface area (Å²) in [4.78, 5) is 25.6. The molecule has 0 fully saturated rings. The Morgan fingerprint density at radius 2 is 2.60 bits per heavy atom. The SMILES string of the molecule is [2H]C([2H])([2H])C([2H])([2H])C([2H])([2H])Sc1nc(O)c([N+](=O)[O-])c(=O)[nH]1. The van der Waals surface area contributed by atoms with Gasteiger partial charge in [-0.15, -0.1) is 0 Å². The van der Waals surface area contributed by atoms with Gasteiger partial charge in [0.25, 0.3) is 5.88 Å². The molecular weight excluding hydrogens is 222 g/mol. The Kier molecular flexibility index (Phi) is 1.58. The van der Waals surface area contributed by atoms with Crippen molar-refractivity contribution in [2.24, 2.45) is 0 Å². The number of rotatable bonds is 4. The van der Waals surface area contributed by atoms with Crippen LogP contribution in [0.4, 0.5) is 5.69 Å². The summed E-state index contributed by atoms with van der Waals surface area (Å²) in [6.07, 6.45) is -3.32. The molecular formula is C7H9N3O4S. The number of hydrogen-bond acceptors (Lipinski definition) is 6.